The molecule has 6 heteroatoms. The standard InChI is InChI=1S/C17H28N4O2/c1-4-13(3)16(18)17(22)21-11-9-20(10-12-21)14-7-6-8-15(19-14)23-5-2/h6-8,13,16H,4-5,9-12,18H2,1-3H3. The van der Waals surface area contributed by atoms with E-state index in [1.165, 1.54) is 0 Å². The van der Waals surface area contributed by atoms with Crippen LogP contribution in [-0.2, 0) is 4.79 Å². The summed E-state index contributed by atoms with van der Waals surface area (Å²) >= 11 is 0. The third kappa shape index (κ3) is 4.34. The number of carbonyl (C=O) groups excluding carboxylic acids is 1. The van der Waals surface area contributed by atoms with Gasteiger partial charge in [-0.25, -0.2) is 0 Å². The van der Waals surface area contributed by atoms with E-state index in [1.807, 2.05) is 36.9 Å². The molecule has 23 heavy (non-hydrogen) atoms. The van der Waals surface area contributed by atoms with E-state index >= 15 is 0 Å². The number of pyridine rings is 1. The van der Waals surface area contributed by atoms with Crippen LogP contribution < -0.4 is 15.4 Å². The molecule has 2 rings (SSSR count). The molecule has 2 N–H and O–H groups in total. The first kappa shape index (κ1) is 17.5. The van der Waals surface area contributed by atoms with Crippen LogP contribution in [0.15, 0.2) is 18.2 Å². The van der Waals surface area contributed by atoms with E-state index in [0.29, 0.717) is 25.6 Å². The smallest absolute Gasteiger partial charge is 0.239 e. The third-order valence-electron chi connectivity index (χ3n) is 4.46. The molecular weight excluding hydrogens is 292 g/mol. The predicted octanol–water partition coefficient (Wildman–Crippen LogP) is 1.50. The Balaban J connectivity index is 1.93. The molecule has 1 amide bonds. The SMILES string of the molecule is CCOc1cccc(N2CCN(C(=O)C(N)C(C)CC)CC2)n1. The predicted molar refractivity (Wildman–Crippen MR) is 91.6 cm³/mol. The van der Waals surface area contributed by atoms with Crippen molar-refractivity contribution in [2.45, 2.75) is 33.2 Å². The van der Waals surface area contributed by atoms with Gasteiger partial charge in [0.25, 0.3) is 0 Å². The van der Waals surface area contributed by atoms with E-state index < -0.39 is 6.04 Å². The van der Waals surface area contributed by atoms with Gasteiger partial charge >= 0.3 is 0 Å². The van der Waals surface area contributed by atoms with Crippen molar-refractivity contribution in [3.05, 3.63) is 18.2 Å². The maximum Gasteiger partial charge on any atom is 0.239 e. The van der Waals surface area contributed by atoms with E-state index in [4.69, 9.17) is 10.5 Å². The lowest BCUT2D eigenvalue weighted by molar-refractivity contribution is -0.134. The Bertz CT molecular complexity index is 515. The number of nitrogens with two attached hydrogens (primary N) is 1. The fourth-order valence-electron chi connectivity index (χ4n) is 2.67. The monoisotopic (exact) mass is 320 g/mol. The van der Waals surface area contributed by atoms with Gasteiger partial charge in [0.15, 0.2) is 0 Å². The summed E-state index contributed by atoms with van der Waals surface area (Å²) in [5.41, 5.74) is 6.07. The largest absolute Gasteiger partial charge is 0.478 e. The molecule has 1 saturated heterocycles. The topological polar surface area (TPSA) is 71.7 Å². The van der Waals surface area contributed by atoms with Gasteiger partial charge in [-0.1, -0.05) is 26.3 Å². The normalized spacial score (nSPS) is 17.7. The summed E-state index contributed by atoms with van der Waals surface area (Å²) in [6.07, 6.45) is 0.918. The average Bonchev–Trinajstić information content (AvgIpc) is 2.60. The maximum atomic E-state index is 12.4. The summed E-state index contributed by atoms with van der Waals surface area (Å²) in [6, 6.07) is 5.39. The van der Waals surface area contributed by atoms with Gasteiger partial charge in [0, 0.05) is 32.2 Å². The molecule has 1 fully saturated rings. The number of anilines is 1. The van der Waals surface area contributed by atoms with E-state index in [0.717, 1.165) is 25.3 Å². The number of aromatic nitrogens is 1. The van der Waals surface area contributed by atoms with Gasteiger partial charge in [-0.05, 0) is 18.9 Å². The van der Waals surface area contributed by atoms with Crippen molar-refractivity contribution < 1.29 is 9.53 Å². The molecule has 1 aromatic heterocycles. The highest BCUT2D eigenvalue weighted by Crippen LogP contribution is 2.18. The molecule has 128 valence electrons. The van der Waals surface area contributed by atoms with Crippen molar-refractivity contribution in [1.82, 2.24) is 9.88 Å². The highest BCUT2D eigenvalue weighted by molar-refractivity contribution is 5.82. The van der Waals surface area contributed by atoms with E-state index in [9.17, 15) is 4.79 Å². The van der Waals surface area contributed by atoms with Crippen LogP contribution in [0.3, 0.4) is 0 Å². The quantitative estimate of drug-likeness (QED) is 0.860. The van der Waals surface area contributed by atoms with Crippen LogP contribution in [0, 0.1) is 5.92 Å². The molecule has 0 saturated carbocycles. The molecule has 1 aliphatic rings. The molecule has 2 heterocycles. The Morgan fingerprint density at radius 3 is 2.61 bits per heavy atom. The fraction of sp³-hybridized carbons (Fsp3) is 0.647. The number of rotatable bonds is 6. The van der Waals surface area contributed by atoms with Gasteiger partial charge in [-0.3, -0.25) is 4.79 Å². The highest BCUT2D eigenvalue weighted by Gasteiger charge is 2.28. The Labute approximate surface area is 138 Å². The Hall–Kier alpha value is -1.82. The lowest BCUT2D eigenvalue weighted by atomic mass is 9.98. The van der Waals surface area contributed by atoms with Crippen molar-refractivity contribution in [2.24, 2.45) is 11.7 Å². The number of piperazine rings is 1. The van der Waals surface area contributed by atoms with Crippen LogP contribution in [0.2, 0.25) is 0 Å². The zero-order chi connectivity index (χ0) is 16.8. The minimum Gasteiger partial charge on any atom is -0.478 e. The van der Waals surface area contributed by atoms with Gasteiger partial charge < -0.3 is 20.3 Å². The molecule has 2 atom stereocenters. The Morgan fingerprint density at radius 1 is 1.30 bits per heavy atom. The highest BCUT2D eigenvalue weighted by atomic mass is 16.5. The molecule has 2 unspecified atom stereocenters. The zero-order valence-corrected chi connectivity index (χ0v) is 14.4. The third-order valence-corrected chi connectivity index (χ3v) is 4.46. The lowest BCUT2D eigenvalue weighted by Crippen LogP contribution is -2.54. The van der Waals surface area contributed by atoms with Gasteiger partial charge in [-0.15, -0.1) is 0 Å². The first-order valence-electron chi connectivity index (χ1n) is 8.46. The van der Waals surface area contributed by atoms with Crippen molar-refractivity contribution in [2.75, 3.05) is 37.7 Å². The second-order valence-corrected chi connectivity index (χ2v) is 5.99. The van der Waals surface area contributed by atoms with E-state index in [2.05, 4.69) is 16.8 Å². The summed E-state index contributed by atoms with van der Waals surface area (Å²) in [7, 11) is 0. The summed E-state index contributed by atoms with van der Waals surface area (Å²) in [5.74, 6) is 1.82. The van der Waals surface area contributed by atoms with Crippen LogP contribution in [-0.4, -0.2) is 54.6 Å². The van der Waals surface area contributed by atoms with Crippen molar-refractivity contribution in [3.8, 4) is 5.88 Å². The van der Waals surface area contributed by atoms with Gasteiger partial charge in [0.2, 0.25) is 11.8 Å². The maximum absolute atomic E-state index is 12.4. The van der Waals surface area contributed by atoms with Gasteiger partial charge in [-0.2, -0.15) is 4.98 Å². The van der Waals surface area contributed by atoms with E-state index in [1.54, 1.807) is 0 Å². The molecule has 0 aromatic carbocycles. The number of hydrogen-bond acceptors (Lipinski definition) is 5. The molecule has 1 aromatic rings. The first-order valence-corrected chi connectivity index (χ1v) is 8.46. The molecular formula is C17H28N4O2. The second kappa shape index (κ2) is 8.15. The van der Waals surface area contributed by atoms with Crippen molar-refractivity contribution in [1.29, 1.82) is 0 Å². The minimum atomic E-state index is -0.397. The van der Waals surface area contributed by atoms with Crippen LogP contribution in [0.1, 0.15) is 27.2 Å². The average molecular weight is 320 g/mol. The number of carbonyl (C=O) groups is 1. The van der Waals surface area contributed by atoms with Crippen LogP contribution in [0.5, 0.6) is 5.88 Å². The molecule has 0 bridgehead atoms. The van der Waals surface area contributed by atoms with Crippen molar-refractivity contribution >= 4 is 11.7 Å². The molecule has 0 spiro atoms. The summed E-state index contributed by atoms with van der Waals surface area (Å²) in [5, 5.41) is 0. The Kier molecular flexibility index (Phi) is 6.21. The molecule has 1 aliphatic heterocycles. The summed E-state index contributed by atoms with van der Waals surface area (Å²) in [4.78, 5) is 21.0. The molecule has 0 aliphatic carbocycles. The summed E-state index contributed by atoms with van der Waals surface area (Å²) in [6.45, 7) is 9.54. The second-order valence-electron chi connectivity index (χ2n) is 5.99. The molecule has 6 nitrogen and oxygen atoms in total. The number of amides is 1. The first-order chi connectivity index (χ1) is 11.1. The van der Waals surface area contributed by atoms with Gasteiger partial charge in [0.05, 0.1) is 12.6 Å². The van der Waals surface area contributed by atoms with Gasteiger partial charge in [0.1, 0.15) is 5.82 Å². The number of hydrogen-bond donors (Lipinski definition) is 1. The zero-order valence-electron chi connectivity index (χ0n) is 14.4. The minimum absolute atomic E-state index is 0.0648. The Morgan fingerprint density at radius 2 is 2.00 bits per heavy atom. The van der Waals surface area contributed by atoms with Crippen molar-refractivity contribution in [3.63, 3.8) is 0 Å². The van der Waals surface area contributed by atoms with E-state index in [-0.39, 0.29) is 11.8 Å². The van der Waals surface area contributed by atoms with Crippen LogP contribution in [0.25, 0.3) is 0 Å². The fourth-order valence-corrected chi connectivity index (χ4v) is 2.67. The molecule has 0 radical (unpaired) electrons. The van der Waals surface area contributed by atoms with Crippen LogP contribution in [0.4, 0.5) is 5.82 Å². The van der Waals surface area contributed by atoms with Crippen LogP contribution >= 0.6 is 0 Å². The number of nitrogens with zero attached hydrogens (tertiary/aromatic N) is 3. The summed E-state index contributed by atoms with van der Waals surface area (Å²) < 4.78 is 5.45. The lowest BCUT2D eigenvalue weighted by Gasteiger charge is -2.37. The number of ether oxygens (including phenoxy) is 1.